The molecule has 7 heteroatoms. The van der Waals surface area contributed by atoms with Crippen LogP contribution in [-0.4, -0.2) is 56.8 Å². The Morgan fingerprint density at radius 1 is 0.962 bits per heavy atom. The normalized spacial score (nSPS) is 15.3. The zero-order valence-corrected chi connectivity index (χ0v) is 15.1. The first-order valence-electron chi connectivity index (χ1n) is 8.92. The number of hydrogen-bond donors (Lipinski definition) is 0. The minimum Gasteiger partial charge on any atom is -0.353 e. The molecule has 0 aliphatic carbocycles. The van der Waals surface area contributed by atoms with Crippen LogP contribution in [0.1, 0.15) is 28.2 Å². The summed E-state index contributed by atoms with van der Waals surface area (Å²) < 4.78 is 1.76. The van der Waals surface area contributed by atoms with E-state index in [1.165, 1.54) is 0 Å². The van der Waals surface area contributed by atoms with E-state index in [-0.39, 0.29) is 5.91 Å². The minimum atomic E-state index is 0.114. The van der Waals surface area contributed by atoms with Crippen molar-refractivity contribution in [2.24, 2.45) is 0 Å². The van der Waals surface area contributed by atoms with Gasteiger partial charge < -0.3 is 9.80 Å². The number of aromatic nitrogens is 4. The summed E-state index contributed by atoms with van der Waals surface area (Å²) in [5.41, 5.74) is 2.56. The highest BCUT2D eigenvalue weighted by molar-refractivity contribution is 5.95. The van der Waals surface area contributed by atoms with Crippen LogP contribution in [0.5, 0.6) is 0 Å². The highest BCUT2D eigenvalue weighted by atomic mass is 16.2. The van der Waals surface area contributed by atoms with Crippen molar-refractivity contribution in [3.05, 3.63) is 53.3 Å². The Morgan fingerprint density at radius 3 is 2.65 bits per heavy atom. The third kappa shape index (κ3) is 3.00. The van der Waals surface area contributed by atoms with Gasteiger partial charge in [-0.25, -0.2) is 0 Å². The van der Waals surface area contributed by atoms with E-state index in [9.17, 15) is 4.79 Å². The Morgan fingerprint density at radius 2 is 1.81 bits per heavy atom. The maximum Gasteiger partial charge on any atom is 0.254 e. The molecule has 1 aliphatic heterocycles. The van der Waals surface area contributed by atoms with Crippen LogP contribution < -0.4 is 4.90 Å². The Labute approximate surface area is 152 Å². The summed E-state index contributed by atoms with van der Waals surface area (Å²) in [7, 11) is 0. The van der Waals surface area contributed by atoms with Gasteiger partial charge in [0.05, 0.1) is 0 Å². The first kappa shape index (κ1) is 16.5. The lowest BCUT2D eigenvalue weighted by atomic mass is 10.1. The topological polar surface area (TPSA) is 66.6 Å². The number of hydrogen-bond acceptors (Lipinski definition) is 5. The summed E-state index contributed by atoms with van der Waals surface area (Å²) in [6.45, 7) is 6.96. The van der Waals surface area contributed by atoms with Gasteiger partial charge in [-0.3, -0.25) is 4.79 Å². The molecule has 1 aromatic carbocycles. The van der Waals surface area contributed by atoms with E-state index in [2.05, 4.69) is 20.2 Å². The number of amides is 1. The predicted octanol–water partition coefficient (Wildman–Crippen LogP) is 2.09. The monoisotopic (exact) mass is 350 g/mol. The van der Waals surface area contributed by atoms with Gasteiger partial charge in [-0.2, -0.15) is 4.52 Å². The molecule has 0 spiro atoms. The Kier molecular flexibility index (Phi) is 4.28. The second kappa shape index (κ2) is 6.74. The smallest absolute Gasteiger partial charge is 0.254 e. The molecule has 1 amide bonds. The van der Waals surface area contributed by atoms with Gasteiger partial charge in [0.15, 0.2) is 11.5 Å². The molecule has 4 rings (SSSR count). The van der Waals surface area contributed by atoms with E-state index in [1.54, 1.807) is 4.52 Å². The number of fused-ring (bicyclic) bond motifs is 1. The summed E-state index contributed by atoms with van der Waals surface area (Å²) in [4.78, 5) is 17.0. The number of rotatable bonds is 2. The van der Waals surface area contributed by atoms with Crippen molar-refractivity contribution >= 4 is 17.4 Å². The SMILES string of the molecule is Cc1ccccc1C(=O)N1CCCN(c2ccc3nnc(C)n3n2)CC1. The van der Waals surface area contributed by atoms with Crippen LogP contribution in [0.3, 0.4) is 0 Å². The molecule has 26 heavy (non-hydrogen) atoms. The largest absolute Gasteiger partial charge is 0.353 e. The van der Waals surface area contributed by atoms with Crippen LogP contribution in [0.15, 0.2) is 36.4 Å². The van der Waals surface area contributed by atoms with Crippen molar-refractivity contribution in [2.75, 3.05) is 31.1 Å². The molecule has 7 nitrogen and oxygen atoms in total. The fourth-order valence-electron chi connectivity index (χ4n) is 3.39. The van der Waals surface area contributed by atoms with Gasteiger partial charge in [-0.15, -0.1) is 15.3 Å². The molecule has 1 saturated heterocycles. The van der Waals surface area contributed by atoms with E-state index in [0.717, 1.165) is 54.5 Å². The number of carbonyl (C=O) groups is 1. The van der Waals surface area contributed by atoms with Crippen LogP contribution in [0.4, 0.5) is 5.82 Å². The molecule has 0 radical (unpaired) electrons. The van der Waals surface area contributed by atoms with Crippen molar-refractivity contribution in [1.82, 2.24) is 24.7 Å². The van der Waals surface area contributed by atoms with Gasteiger partial charge in [-0.1, -0.05) is 18.2 Å². The summed E-state index contributed by atoms with van der Waals surface area (Å²) in [6, 6.07) is 11.7. The maximum atomic E-state index is 12.9. The second-order valence-electron chi connectivity index (χ2n) is 6.66. The molecule has 2 aromatic heterocycles. The van der Waals surface area contributed by atoms with Crippen LogP contribution in [-0.2, 0) is 0 Å². The van der Waals surface area contributed by atoms with Crippen LogP contribution >= 0.6 is 0 Å². The van der Waals surface area contributed by atoms with E-state index in [0.29, 0.717) is 6.54 Å². The van der Waals surface area contributed by atoms with E-state index >= 15 is 0 Å². The lowest BCUT2D eigenvalue weighted by molar-refractivity contribution is 0.0766. The molecule has 1 aliphatic rings. The van der Waals surface area contributed by atoms with Crippen molar-refractivity contribution < 1.29 is 4.79 Å². The quantitative estimate of drug-likeness (QED) is 0.708. The number of aryl methyl sites for hydroxylation is 2. The third-order valence-corrected chi connectivity index (χ3v) is 4.89. The van der Waals surface area contributed by atoms with Crippen LogP contribution in [0.25, 0.3) is 5.65 Å². The molecule has 0 atom stereocenters. The summed E-state index contributed by atoms with van der Waals surface area (Å²) in [6.07, 6.45) is 0.915. The molecule has 134 valence electrons. The molecule has 1 fully saturated rings. The van der Waals surface area contributed by atoms with E-state index in [4.69, 9.17) is 0 Å². The fourth-order valence-corrected chi connectivity index (χ4v) is 3.39. The summed E-state index contributed by atoms with van der Waals surface area (Å²) in [5.74, 6) is 1.78. The average molecular weight is 350 g/mol. The molecule has 0 saturated carbocycles. The van der Waals surface area contributed by atoms with Crippen molar-refractivity contribution in [3.8, 4) is 0 Å². The number of anilines is 1. The average Bonchev–Trinajstić information content (AvgIpc) is 2.87. The molecule has 0 unspecified atom stereocenters. The summed E-state index contributed by atoms with van der Waals surface area (Å²) in [5, 5.41) is 12.8. The molecule has 0 bridgehead atoms. The van der Waals surface area contributed by atoms with Gasteiger partial charge in [0, 0.05) is 31.7 Å². The zero-order valence-electron chi connectivity index (χ0n) is 15.1. The van der Waals surface area contributed by atoms with Crippen molar-refractivity contribution in [2.45, 2.75) is 20.3 Å². The number of nitrogens with zero attached hydrogens (tertiary/aromatic N) is 6. The second-order valence-corrected chi connectivity index (χ2v) is 6.66. The standard InChI is InChI=1S/C19H22N6O/c1-14-6-3-4-7-16(14)19(26)24-11-5-10-23(12-13-24)18-9-8-17-21-20-15(2)25(17)22-18/h3-4,6-9H,5,10-13H2,1-2H3. The van der Waals surface area contributed by atoms with Crippen molar-refractivity contribution in [1.29, 1.82) is 0 Å². The molecule has 3 heterocycles. The minimum absolute atomic E-state index is 0.114. The van der Waals surface area contributed by atoms with Crippen molar-refractivity contribution in [3.63, 3.8) is 0 Å². The first-order chi connectivity index (χ1) is 12.6. The van der Waals surface area contributed by atoms with Gasteiger partial charge in [0.2, 0.25) is 0 Å². The fraction of sp³-hybridized carbons (Fsp3) is 0.368. The predicted molar refractivity (Wildman–Crippen MR) is 99.4 cm³/mol. The van der Waals surface area contributed by atoms with Crippen LogP contribution in [0.2, 0.25) is 0 Å². The Bertz CT molecular complexity index is 950. The highest BCUT2D eigenvalue weighted by Gasteiger charge is 2.22. The lowest BCUT2D eigenvalue weighted by Crippen LogP contribution is -2.35. The van der Waals surface area contributed by atoms with Gasteiger partial charge in [0.25, 0.3) is 5.91 Å². The summed E-state index contributed by atoms with van der Waals surface area (Å²) >= 11 is 0. The lowest BCUT2D eigenvalue weighted by Gasteiger charge is -2.23. The number of carbonyl (C=O) groups excluding carboxylic acids is 1. The van der Waals surface area contributed by atoms with Crippen LogP contribution in [0, 0.1) is 13.8 Å². The highest BCUT2D eigenvalue weighted by Crippen LogP contribution is 2.17. The Hall–Kier alpha value is -2.96. The maximum absolute atomic E-state index is 12.9. The molecular weight excluding hydrogens is 328 g/mol. The molecule has 3 aromatic rings. The van der Waals surface area contributed by atoms with Gasteiger partial charge in [0.1, 0.15) is 5.82 Å². The number of benzene rings is 1. The Balaban J connectivity index is 1.51. The van der Waals surface area contributed by atoms with Gasteiger partial charge in [-0.05, 0) is 44.0 Å². The van der Waals surface area contributed by atoms with E-state index < -0.39 is 0 Å². The van der Waals surface area contributed by atoms with Gasteiger partial charge >= 0.3 is 0 Å². The third-order valence-electron chi connectivity index (χ3n) is 4.89. The zero-order chi connectivity index (χ0) is 18.1. The molecule has 0 N–H and O–H groups in total. The molecular formula is C19H22N6O. The first-order valence-corrected chi connectivity index (χ1v) is 8.92. The van der Waals surface area contributed by atoms with E-state index in [1.807, 2.05) is 55.1 Å².